The summed E-state index contributed by atoms with van der Waals surface area (Å²) in [5.74, 6) is 0.360. The highest BCUT2D eigenvalue weighted by atomic mass is 79.9. The Morgan fingerprint density at radius 3 is 2.36 bits per heavy atom. The van der Waals surface area contributed by atoms with E-state index in [1.807, 2.05) is 24.3 Å². The molecule has 0 aromatic heterocycles. The summed E-state index contributed by atoms with van der Waals surface area (Å²) in [7, 11) is -2.68. The molecule has 1 aromatic carbocycles. The van der Waals surface area contributed by atoms with Crippen LogP contribution in [0.4, 0.5) is 0 Å². The van der Waals surface area contributed by atoms with Gasteiger partial charge in [-0.2, -0.15) is 4.40 Å². The highest BCUT2D eigenvalue weighted by Crippen LogP contribution is 2.46. The molecule has 0 saturated carbocycles. The van der Waals surface area contributed by atoms with Crippen LogP contribution in [0.3, 0.4) is 0 Å². The summed E-state index contributed by atoms with van der Waals surface area (Å²) in [6.45, 7) is 0. The van der Waals surface area contributed by atoms with Crippen LogP contribution in [-0.2, 0) is 0 Å². The van der Waals surface area contributed by atoms with Gasteiger partial charge in [0.25, 0.3) is 0 Å². The van der Waals surface area contributed by atoms with Crippen LogP contribution >= 0.6 is 26.7 Å². The molecule has 2 N–H and O–H groups in total. The largest absolute Gasteiger partial charge is 0.280 e. The van der Waals surface area contributed by atoms with Crippen LogP contribution in [0, 0.1) is 0 Å². The maximum atomic E-state index is 9.32. The maximum Gasteiger partial charge on any atom is 0.0689 e. The Morgan fingerprint density at radius 2 is 1.86 bits per heavy atom. The van der Waals surface area contributed by atoms with E-state index in [1.54, 1.807) is 0 Å². The van der Waals surface area contributed by atoms with E-state index < -0.39 is 10.8 Å². The summed E-state index contributed by atoms with van der Waals surface area (Å²) in [5, 5.41) is 0. The lowest BCUT2D eigenvalue weighted by Crippen LogP contribution is -1.96. The highest BCUT2D eigenvalue weighted by Gasteiger charge is 2.21. The van der Waals surface area contributed by atoms with Crippen molar-refractivity contribution in [3.05, 3.63) is 34.3 Å². The molecule has 0 amide bonds. The third-order valence-corrected chi connectivity index (χ3v) is 3.84. The van der Waals surface area contributed by atoms with Crippen molar-refractivity contribution >= 4 is 32.4 Å². The Bertz CT molecular complexity index is 375. The first-order valence-electron chi connectivity index (χ1n) is 4.17. The van der Waals surface area contributed by atoms with Crippen LogP contribution in [0.1, 0.15) is 12.0 Å². The fourth-order valence-corrected chi connectivity index (χ4v) is 2.71. The summed E-state index contributed by atoms with van der Waals surface area (Å²) in [4.78, 5) is 0. The summed E-state index contributed by atoms with van der Waals surface area (Å²) in [5.41, 5.74) is 1.75. The van der Waals surface area contributed by atoms with Gasteiger partial charge in [-0.1, -0.05) is 38.8 Å². The predicted molar refractivity (Wildman–Crippen MR) is 63.0 cm³/mol. The lowest BCUT2D eigenvalue weighted by atomic mass is 10.1. The number of hydrogen-bond donors (Lipinski definition) is 2. The average molecular weight is 276 g/mol. The molecule has 76 valence electrons. The Labute approximate surface area is 92.5 Å². The zero-order valence-electron chi connectivity index (χ0n) is 7.35. The van der Waals surface area contributed by atoms with Crippen molar-refractivity contribution in [1.29, 1.82) is 0 Å². The van der Waals surface area contributed by atoms with Crippen molar-refractivity contribution in [3.8, 4) is 0 Å². The van der Waals surface area contributed by atoms with Gasteiger partial charge in [0.05, 0.1) is 11.5 Å². The minimum Gasteiger partial charge on any atom is -0.280 e. The van der Waals surface area contributed by atoms with E-state index in [1.165, 1.54) is 0 Å². The van der Waals surface area contributed by atoms with Gasteiger partial charge in [0.1, 0.15) is 0 Å². The van der Waals surface area contributed by atoms with Crippen LogP contribution in [0.2, 0.25) is 0 Å². The Balaban J connectivity index is 2.29. The van der Waals surface area contributed by atoms with Crippen molar-refractivity contribution in [2.45, 2.75) is 6.42 Å². The Morgan fingerprint density at radius 1 is 1.21 bits per heavy atom. The van der Waals surface area contributed by atoms with Crippen LogP contribution in [0.5, 0.6) is 0 Å². The van der Waals surface area contributed by atoms with Crippen LogP contribution < -0.4 is 0 Å². The third kappa shape index (κ3) is 2.17. The lowest BCUT2D eigenvalue weighted by Gasteiger charge is -2.20. The third-order valence-electron chi connectivity index (χ3n) is 2.05. The number of rotatable bonds is 1. The topological polar surface area (TPSA) is 52.8 Å². The Kier molecular flexibility index (Phi) is 2.66. The average Bonchev–Trinajstić information content (AvgIpc) is 2.47. The molecule has 0 saturated heterocycles. The van der Waals surface area contributed by atoms with Crippen LogP contribution in [-0.4, -0.2) is 20.6 Å². The first-order chi connectivity index (χ1) is 6.57. The quantitative estimate of drug-likeness (QED) is 0.826. The molecule has 1 heterocycles. The molecule has 2 rings (SSSR count). The van der Waals surface area contributed by atoms with Gasteiger partial charge in [-0.3, -0.25) is 9.11 Å². The van der Waals surface area contributed by atoms with Crippen molar-refractivity contribution < 1.29 is 9.11 Å². The fourth-order valence-electron chi connectivity index (χ4n) is 1.34. The van der Waals surface area contributed by atoms with E-state index in [0.29, 0.717) is 12.2 Å². The summed E-state index contributed by atoms with van der Waals surface area (Å²) in [6, 6.07) is 7.68. The first kappa shape index (κ1) is 10.2. The second kappa shape index (κ2) is 3.66. The zero-order chi connectivity index (χ0) is 10.2. The number of nitrogens with zero attached hydrogens (tertiary/aromatic N) is 1. The molecule has 1 aliphatic rings. The molecule has 0 bridgehead atoms. The van der Waals surface area contributed by atoms with E-state index >= 15 is 0 Å². The van der Waals surface area contributed by atoms with Gasteiger partial charge in [-0.05, 0) is 17.7 Å². The molecular weight excluding hydrogens is 266 g/mol. The molecule has 0 unspecified atom stereocenters. The molecule has 14 heavy (non-hydrogen) atoms. The molecule has 0 radical (unpaired) electrons. The molecule has 1 aliphatic heterocycles. The minimum absolute atomic E-state index is 0.360. The summed E-state index contributed by atoms with van der Waals surface area (Å²) in [6.07, 6.45) is 0.643. The molecule has 3 nitrogen and oxygen atoms in total. The van der Waals surface area contributed by atoms with E-state index in [9.17, 15) is 9.11 Å². The van der Waals surface area contributed by atoms with Gasteiger partial charge in [0, 0.05) is 10.9 Å². The second-order valence-electron chi connectivity index (χ2n) is 3.13. The maximum absolute atomic E-state index is 9.32. The smallest absolute Gasteiger partial charge is 0.0689 e. The van der Waals surface area contributed by atoms with E-state index in [4.69, 9.17) is 0 Å². The van der Waals surface area contributed by atoms with Crippen molar-refractivity contribution in [2.75, 3.05) is 5.75 Å². The van der Waals surface area contributed by atoms with E-state index in [-0.39, 0.29) is 0 Å². The number of hydrogen-bond acceptors (Lipinski definition) is 3. The molecule has 5 heteroatoms. The van der Waals surface area contributed by atoms with Crippen LogP contribution in [0.25, 0.3) is 0 Å². The monoisotopic (exact) mass is 275 g/mol. The minimum atomic E-state index is -2.68. The van der Waals surface area contributed by atoms with Gasteiger partial charge in [0.15, 0.2) is 0 Å². The zero-order valence-corrected chi connectivity index (χ0v) is 9.75. The molecular formula is C9H10BrNO2S. The van der Waals surface area contributed by atoms with Gasteiger partial charge in [0.2, 0.25) is 0 Å². The normalized spacial score (nSPS) is 21.8. The van der Waals surface area contributed by atoms with Gasteiger partial charge >= 0.3 is 0 Å². The molecule has 0 fully saturated rings. The predicted octanol–water partition coefficient (Wildman–Crippen LogP) is 3.31. The number of halogens is 1. The highest BCUT2D eigenvalue weighted by molar-refractivity contribution is 9.10. The molecule has 0 spiro atoms. The molecule has 1 aromatic rings. The second-order valence-corrected chi connectivity index (χ2v) is 5.90. The molecule has 0 atom stereocenters. The van der Waals surface area contributed by atoms with Gasteiger partial charge in [-0.15, -0.1) is 0 Å². The fraction of sp³-hybridized carbons (Fsp3) is 0.222. The first-order valence-corrected chi connectivity index (χ1v) is 6.64. The lowest BCUT2D eigenvalue weighted by molar-refractivity contribution is 0.493. The number of benzene rings is 1. The van der Waals surface area contributed by atoms with E-state index in [2.05, 4.69) is 20.3 Å². The summed E-state index contributed by atoms with van der Waals surface area (Å²) >= 11 is 3.34. The summed E-state index contributed by atoms with van der Waals surface area (Å²) < 4.78 is 23.6. The van der Waals surface area contributed by atoms with Gasteiger partial charge in [-0.25, -0.2) is 0 Å². The van der Waals surface area contributed by atoms with E-state index in [0.717, 1.165) is 15.7 Å². The van der Waals surface area contributed by atoms with Gasteiger partial charge < -0.3 is 0 Å². The van der Waals surface area contributed by atoms with Crippen molar-refractivity contribution in [2.24, 2.45) is 4.40 Å². The van der Waals surface area contributed by atoms with Crippen molar-refractivity contribution in [3.63, 3.8) is 0 Å². The SMILES string of the molecule is OS1(O)CCC(c2ccc(Br)cc2)=N1. The Hall–Kier alpha value is -0.360. The molecule has 0 aliphatic carbocycles. The standard InChI is InChI=1S/C9H10BrNO2S/c10-8-3-1-7(2-4-8)9-5-6-14(12,13)11-9/h1-4,12-13H,5-6H2. The van der Waals surface area contributed by atoms with Crippen LogP contribution in [0.15, 0.2) is 33.1 Å². The van der Waals surface area contributed by atoms with Crippen molar-refractivity contribution in [1.82, 2.24) is 0 Å².